The summed E-state index contributed by atoms with van der Waals surface area (Å²) in [6.45, 7) is 2.97. The van der Waals surface area contributed by atoms with Crippen LogP contribution >= 0.6 is 0 Å². The molecule has 2 aromatic rings. The van der Waals surface area contributed by atoms with Crippen LogP contribution in [-0.2, 0) is 21.0 Å². The fourth-order valence-electron chi connectivity index (χ4n) is 3.35. The topological polar surface area (TPSA) is 70.6 Å². The van der Waals surface area contributed by atoms with Crippen molar-refractivity contribution in [2.45, 2.75) is 32.5 Å². The van der Waals surface area contributed by atoms with Gasteiger partial charge in [0.05, 0.1) is 17.0 Å². The maximum absolute atomic E-state index is 14.3. The number of halogens is 4. The van der Waals surface area contributed by atoms with Gasteiger partial charge in [-0.25, -0.2) is 22.1 Å². The second kappa shape index (κ2) is 7.53. The molecule has 1 fully saturated rings. The van der Waals surface area contributed by atoms with Gasteiger partial charge in [-0.2, -0.15) is 13.2 Å². The van der Waals surface area contributed by atoms with Gasteiger partial charge >= 0.3 is 6.18 Å². The molecule has 0 aliphatic carbocycles. The van der Waals surface area contributed by atoms with E-state index in [2.05, 4.69) is 4.98 Å². The lowest BCUT2D eigenvalue weighted by Gasteiger charge is -2.28. The minimum absolute atomic E-state index is 0.0499. The molecule has 1 aliphatic heterocycles. The molecule has 162 valence electrons. The third kappa shape index (κ3) is 4.11. The summed E-state index contributed by atoms with van der Waals surface area (Å²) >= 11 is 0. The van der Waals surface area contributed by atoms with Crippen molar-refractivity contribution in [3.8, 4) is 0 Å². The summed E-state index contributed by atoms with van der Waals surface area (Å²) in [6.07, 6.45) is -4.87. The van der Waals surface area contributed by atoms with Gasteiger partial charge in [0.15, 0.2) is 0 Å². The third-order valence-corrected chi connectivity index (χ3v) is 6.60. The highest BCUT2D eigenvalue weighted by Gasteiger charge is 2.45. The number of alkyl halides is 3. The molecule has 0 radical (unpaired) electrons. The first-order chi connectivity index (χ1) is 13.8. The first-order valence-corrected chi connectivity index (χ1v) is 10.5. The number of sulfonamides is 1. The van der Waals surface area contributed by atoms with Gasteiger partial charge in [-0.3, -0.25) is 4.79 Å². The number of hydrogen-bond acceptors (Lipinski definition) is 4. The lowest BCUT2D eigenvalue weighted by molar-refractivity contribution is -0.137. The summed E-state index contributed by atoms with van der Waals surface area (Å²) < 4.78 is 79.7. The molecule has 1 saturated heterocycles. The van der Waals surface area contributed by atoms with E-state index in [0.29, 0.717) is 15.9 Å². The number of likely N-dealkylation sites (N-methyl/N-ethyl adjacent to an activating group) is 1. The van der Waals surface area contributed by atoms with Gasteiger partial charge in [0, 0.05) is 12.7 Å². The number of anilines is 2. The van der Waals surface area contributed by atoms with Gasteiger partial charge in [0.25, 0.3) is 5.91 Å². The fourth-order valence-corrected chi connectivity index (χ4v) is 5.03. The normalized spacial score (nSPS) is 18.5. The molecule has 2 heterocycles. The molecule has 1 aliphatic rings. The Hall–Kier alpha value is -2.69. The number of rotatable bonds is 3. The Morgan fingerprint density at radius 3 is 2.47 bits per heavy atom. The molecule has 1 aromatic carbocycles. The Kier molecular flexibility index (Phi) is 5.52. The number of hydrogen-bond donors (Lipinski definition) is 0. The zero-order valence-corrected chi connectivity index (χ0v) is 17.2. The fraction of sp³-hybridized carbons (Fsp3) is 0.368. The minimum Gasteiger partial charge on any atom is -0.311 e. The van der Waals surface area contributed by atoms with Gasteiger partial charge < -0.3 is 4.90 Å². The molecule has 30 heavy (non-hydrogen) atoms. The Labute approximate surface area is 171 Å². The summed E-state index contributed by atoms with van der Waals surface area (Å²) in [5.74, 6) is -2.37. The summed E-state index contributed by atoms with van der Waals surface area (Å²) in [5.41, 5.74) is -0.559. The molecule has 6 nitrogen and oxygen atoms in total. The van der Waals surface area contributed by atoms with Gasteiger partial charge in [-0.05, 0) is 50.1 Å². The van der Waals surface area contributed by atoms with Gasteiger partial charge in [-0.1, -0.05) is 6.07 Å². The van der Waals surface area contributed by atoms with E-state index in [-0.39, 0.29) is 17.8 Å². The smallest absolute Gasteiger partial charge is 0.311 e. The van der Waals surface area contributed by atoms with E-state index >= 15 is 0 Å². The molecule has 1 atom stereocenters. The second-order valence-corrected chi connectivity index (χ2v) is 9.09. The van der Waals surface area contributed by atoms with Crippen molar-refractivity contribution in [2.75, 3.05) is 22.0 Å². The van der Waals surface area contributed by atoms with Crippen molar-refractivity contribution >= 4 is 27.4 Å². The molecule has 0 N–H and O–H groups in total. The summed E-state index contributed by atoms with van der Waals surface area (Å²) in [4.78, 5) is 17.9. The SMILES string of the molecule is Cc1ccc(N(C)C(=O)[C@@H]2CCS(=O)(=O)N2c2cc(C(F)(F)F)cc(C)n2)c(F)c1. The van der Waals surface area contributed by atoms with E-state index in [4.69, 9.17) is 0 Å². The van der Waals surface area contributed by atoms with Gasteiger partial charge in [-0.15, -0.1) is 0 Å². The Morgan fingerprint density at radius 1 is 1.20 bits per heavy atom. The van der Waals surface area contributed by atoms with E-state index in [9.17, 15) is 30.8 Å². The maximum Gasteiger partial charge on any atom is 0.416 e. The van der Waals surface area contributed by atoms with E-state index in [0.717, 1.165) is 11.0 Å². The molecule has 0 bridgehead atoms. The standard InChI is InChI=1S/C19H19F4N3O3S/c1-11-4-5-15(14(20)8-11)25(3)18(27)16-6-7-30(28,29)26(16)17-10-13(19(21,22)23)9-12(2)24-17/h4-5,8-10,16H,6-7H2,1-3H3/t16-/m0/s1. The van der Waals surface area contributed by atoms with Crippen molar-refractivity contribution in [1.29, 1.82) is 0 Å². The highest BCUT2D eigenvalue weighted by Crippen LogP contribution is 2.35. The van der Waals surface area contributed by atoms with E-state index < -0.39 is 51.1 Å². The Morgan fingerprint density at radius 2 is 1.87 bits per heavy atom. The molecular formula is C19H19F4N3O3S. The number of benzene rings is 1. The van der Waals surface area contributed by atoms with E-state index in [1.807, 2.05) is 0 Å². The van der Waals surface area contributed by atoms with Crippen LogP contribution < -0.4 is 9.21 Å². The monoisotopic (exact) mass is 445 g/mol. The molecular weight excluding hydrogens is 426 g/mol. The number of aryl methyl sites for hydroxylation is 2. The van der Waals surface area contributed by atoms with Crippen molar-refractivity contribution in [3.63, 3.8) is 0 Å². The molecule has 11 heteroatoms. The number of pyridine rings is 1. The number of carbonyl (C=O) groups excluding carboxylic acids is 1. The molecule has 0 spiro atoms. The van der Waals surface area contributed by atoms with E-state index in [1.165, 1.54) is 26.1 Å². The van der Waals surface area contributed by atoms with Crippen LogP contribution in [-0.4, -0.2) is 38.2 Å². The molecule has 0 unspecified atom stereocenters. The predicted octanol–water partition coefficient (Wildman–Crippen LogP) is 3.43. The highest BCUT2D eigenvalue weighted by molar-refractivity contribution is 7.93. The van der Waals surface area contributed by atoms with Crippen molar-refractivity contribution in [2.24, 2.45) is 0 Å². The Balaban J connectivity index is 2.03. The van der Waals surface area contributed by atoms with Crippen LogP contribution in [0.5, 0.6) is 0 Å². The average molecular weight is 445 g/mol. The van der Waals surface area contributed by atoms with Crippen molar-refractivity contribution in [1.82, 2.24) is 4.98 Å². The number of nitrogens with zero attached hydrogens (tertiary/aromatic N) is 3. The lowest BCUT2D eigenvalue weighted by atomic mass is 10.1. The summed E-state index contributed by atoms with van der Waals surface area (Å²) in [6, 6.07) is 4.24. The van der Waals surface area contributed by atoms with Crippen LogP contribution in [0.1, 0.15) is 23.2 Å². The summed E-state index contributed by atoms with van der Waals surface area (Å²) in [7, 11) is -2.80. The van der Waals surface area contributed by atoms with Gasteiger partial charge in [0.1, 0.15) is 17.7 Å². The van der Waals surface area contributed by atoms with Crippen LogP contribution in [0.3, 0.4) is 0 Å². The summed E-state index contributed by atoms with van der Waals surface area (Å²) in [5, 5.41) is 0. The number of amides is 1. The number of aromatic nitrogens is 1. The van der Waals surface area contributed by atoms with Crippen molar-refractivity contribution < 1.29 is 30.8 Å². The third-order valence-electron chi connectivity index (χ3n) is 4.81. The largest absolute Gasteiger partial charge is 0.416 e. The van der Waals surface area contributed by atoms with Crippen LogP contribution in [0.25, 0.3) is 0 Å². The zero-order chi connectivity index (χ0) is 22.4. The van der Waals surface area contributed by atoms with Crippen LogP contribution in [0.4, 0.5) is 29.1 Å². The Bertz CT molecular complexity index is 1100. The van der Waals surface area contributed by atoms with Crippen molar-refractivity contribution in [3.05, 3.63) is 53.0 Å². The van der Waals surface area contributed by atoms with Crippen LogP contribution in [0.15, 0.2) is 30.3 Å². The molecule has 0 saturated carbocycles. The lowest BCUT2D eigenvalue weighted by Crippen LogP contribution is -2.46. The van der Waals surface area contributed by atoms with E-state index in [1.54, 1.807) is 13.0 Å². The quantitative estimate of drug-likeness (QED) is 0.679. The maximum atomic E-state index is 14.3. The minimum atomic E-state index is -4.72. The van der Waals surface area contributed by atoms with Crippen LogP contribution in [0, 0.1) is 19.7 Å². The predicted molar refractivity (Wildman–Crippen MR) is 103 cm³/mol. The first kappa shape index (κ1) is 22.0. The molecule has 1 aromatic heterocycles. The van der Waals surface area contributed by atoms with Gasteiger partial charge in [0.2, 0.25) is 10.0 Å². The zero-order valence-electron chi connectivity index (χ0n) is 16.4. The average Bonchev–Trinajstić information content (AvgIpc) is 2.94. The second-order valence-electron chi connectivity index (χ2n) is 7.12. The first-order valence-electron chi connectivity index (χ1n) is 8.93. The highest BCUT2D eigenvalue weighted by atomic mass is 32.2. The van der Waals surface area contributed by atoms with Crippen LogP contribution in [0.2, 0.25) is 0 Å². The number of carbonyl (C=O) groups is 1. The molecule has 3 rings (SSSR count). The molecule has 1 amide bonds.